The molecule has 1 N–H and O–H groups in total. The first-order valence-electron chi connectivity index (χ1n) is 8.10. The Kier molecular flexibility index (Phi) is 4.51. The molecule has 0 amide bonds. The molecule has 0 aliphatic carbocycles. The van der Waals surface area contributed by atoms with Crippen LogP contribution in [0.4, 0.5) is 19.1 Å². The fourth-order valence-electron chi connectivity index (χ4n) is 3.07. The second-order valence-corrected chi connectivity index (χ2v) is 7.86. The van der Waals surface area contributed by atoms with Crippen LogP contribution >= 0.6 is 22.9 Å². The molecule has 2 aromatic heterocycles. The van der Waals surface area contributed by atoms with Gasteiger partial charge >= 0.3 is 6.18 Å². The third-order valence-electron chi connectivity index (χ3n) is 4.28. The first kappa shape index (κ1) is 18.7. The number of halogens is 4. The van der Waals surface area contributed by atoms with Gasteiger partial charge in [0.15, 0.2) is 0 Å². The molecule has 3 aromatic rings. The van der Waals surface area contributed by atoms with Crippen molar-refractivity contribution in [1.82, 2.24) is 14.8 Å². The van der Waals surface area contributed by atoms with Gasteiger partial charge in [-0.25, -0.2) is 4.68 Å². The number of Topliss-reactive ketones (excluding diaryl/α,β-unsaturated/α-hetero) is 1. The molecule has 0 fully saturated rings. The van der Waals surface area contributed by atoms with E-state index in [2.05, 4.69) is 15.4 Å². The molecule has 10 heteroatoms. The largest absolute Gasteiger partial charge is 0.431 e. The van der Waals surface area contributed by atoms with Crippen LogP contribution in [0.25, 0.3) is 0 Å². The molecule has 0 radical (unpaired) electrons. The number of benzene rings is 1. The van der Waals surface area contributed by atoms with Crippen LogP contribution in [0.15, 0.2) is 54.0 Å². The van der Waals surface area contributed by atoms with Gasteiger partial charge in [0, 0.05) is 9.90 Å². The van der Waals surface area contributed by atoms with Gasteiger partial charge in [-0.05, 0) is 36.8 Å². The molecule has 0 saturated heterocycles. The van der Waals surface area contributed by atoms with Crippen molar-refractivity contribution in [1.29, 1.82) is 0 Å². The number of thiophene rings is 1. The van der Waals surface area contributed by atoms with E-state index in [0.717, 1.165) is 22.5 Å². The zero-order valence-electron chi connectivity index (χ0n) is 14.3. The van der Waals surface area contributed by atoms with E-state index in [1.165, 1.54) is 10.7 Å². The van der Waals surface area contributed by atoms with Crippen molar-refractivity contribution in [2.45, 2.75) is 19.1 Å². The monoisotopic (exact) mass is 424 g/mol. The van der Waals surface area contributed by atoms with Crippen LogP contribution < -0.4 is 5.32 Å². The normalized spacial score (nSPS) is 16.7. The highest BCUT2D eigenvalue weighted by Gasteiger charge is 2.46. The van der Waals surface area contributed by atoms with E-state index >= 15 is 0 Å². The fourth-order valence-corrected chi connectivity index (χ4v) is 4.02. The number of alkyl halides is 3. The Morgan fingerprint density at radius 2 is 1.93 bits per heavy atom. The second kappa shape index (κ2) is 6.75. The average Bonchev–Trinajstić information content (AvgIpc) is 3.28. The summed E-state index contributed by atoms with van der Waals surface area (Å²) in [6, 6.07) is 8.39. The summed E-state index contributed by atoms with van der Waals surface area (Å²) in [4.78, 5) is 18.1. The molecule has 4 rings (SSSR count). The van der Waals surface area contributed by atoms with Crippen LogP contribution in [0, 0.1) is 6.92 Å². The zero-order valence-corrected chi connectivity index (χ0v) is 15.9. The van der Waals surface area contributed by atoms with E-state index in [9.17, 15) is 18.0 Å². The molecule has 0 saturated carbocycles. The van der Waals surface area contributed by atoms with Crippen molar-refractivity contribution in [2.75, 3.05) is 5.32 Å². The number of carbonyl (C=O) groups excluding carboxylic acids is 1. The number of nitrogens with one attached hydrogen (secondary N) is 1. The summed E-state index contributed by atoms with van der Waals surface area (Å²) in [7, 11) is 0. The van der Waals surface area contributed by atoms with Crippen molar-refractivity contribution in [3.8, 4) is 0 Å². The number of anilines is 1. The smallest absolute Gasteiger partial charge is 0.320 e. The molecule has 1 aliphatic heterocycles. The SMILES string of the molecule is Cc1ccc(C(=O)C2=C(C(F)(F)F)Nc3ncnn3[C@@H]2c2ccc(Cl)cc2)s1. The second-order valence-electron chi connectivity index (χ2n) is 6.13. The minimum Gasteiger partial charge on any atom is -0.320 e. The Bertz CT molecular complexity index is 1080. The highest BCUT2D eigenvalue weighted by molar-refractivity contribution is 7.14. The van der Waals surface area contributed by atoms with Crippen LogP contribution in [0.5, 0.6) is 0 Å². The minimum atomic E-state index is -4.78. The number of allylic oxidation sites excluding steroid dienone is 2. The quantitative estimate of drug-likeness (QED) is 0.600. The maximum atomic E-state index is 13.9. The van der Waals surface area contributed by atoms with Gasteiger partial charge in [-0.1, -0.05) is 23.7 Å². The number of aromatic nitrogens is 3. The van der Waals surface area contributed by atoms with Crippen LogP contribution in [-0.4, -0.2) is 26.7 Å². The predicted molar refractivity (Wildman–Crippen MR) is 99.7 cm³/mol. The lowest BCUT2D eigenvalue weighted by Crippen LogP contribution is -2.35. The fraction of sp³-hybridized carbons (Fsp3) is 0.167. The summed E-state index contributed by atoms with van der Waals surface area (Å²) in [6.45, 7) is 1.78. The van der Waals surface area contributed by atoms with Gasteiger partial charge in [0.1, 0.15) is 18.1 Å². The Labute approximate surface area is 166 Å². The van der Waals surface area contributed by atoms with Gasteiger partial charge in [0.2, 0.25) is 11.7 Å². The molecule has 28 heavy (non-hydrogen) atoms. The molecule has 144 valence electrons. The standard InChI is InChI=1S/C18H12ClF3N4OS/c1-9-2-7-12(28-9)15(27)13-14(10-3-5-11(19)6-4-10)26-17(23-8-24-26)25-16(13)18(20,21)22/h2-8,14H,1H3,(H,23,24,25)/t14-/m1/s1. The molecule has 0 unspecified atom stereocenters. The Morgan fingerprint density at radius 3 is 2.54 bits per heavy atom. The number of fused-ring (bicyclic) bond motifs is 1. The van der Waals surface area contributed by atoms with Gasteiger partial charge in [-0.15, -0.1) is 11.3 Å². The highest BCUT2D eigenvalue weighted by Crippen LogP contribution is 2.42. The van der Waals surface area contributed by atoms with Crippen molar-refractivity contribution in [3.05, 3.63) is 74.3 Å². The van der Waals surface area contributed by atoms with Crippen LogP contribution in [0.3, 0.4) is 0 Å². The topological polar surface area (TPSA) is 59.8 Å². The van der Waals surface area contributed by atoms with Gasteiger partial charge in [0.05, 0.1) is 10.5 Å². The van der Waals surface area contributed by atoms with Crippen molar-refractivity contribution >= 4 is 34.7 Å². The molecule has 0 spiro atoms. The number of ketones is 1. The molecule has 5 nitrogen and oxygen atoms in total. The van der Waals surface area contributed by atoms with E-state index in [4.69, 9.17) is 11.6 Å². The number of aryl methyl sites for hydroxylation is 1. The molecule has 1 atom stereocenters. The molecular weight excluding hydrogens is 413 g/mol. The zero-order chi connectivity index (χ0) is 20.1. The van der Waals surface area contributed by atoms with E-state index in [0.29, 0.717) is 10.6 Å². The van der Waals surface area contributed by atoms with Gasteiger partial charge < -0.3 is 5.32 Å². The van der Waals surface area contributed by atoms with E-state index < -0.39 is 29.3 Å². The van der Waals surface area contributed by atoms with Crippen molar-refractivity contribution in [2.24, 2.45) is 0 Å². The van der Waals surface area contributed by atoms with E-state index in [1.807, 2.05) is 0 Å². The Hall–Kier alpha value is -2.65. The minimum absolute atomic E-state index is 0.0915. The first-order chi connectivity index (χ1) is 13.3. The van der Waals surface area contributed by atoms with Crippen LogP contribution in [0.2, 0.25) is 5.02 Å². The van der Waals surface area contributed by atoms with Gasteiger partial charge in [-0.3, -0.25) is 4.79 Å². The number of hydrogen-bond acceptors (Lipinski definition) is 5. The lowest BCUT2D eigenvalue weighted by molar-refractivity contribution is -0.0918. The van der Waals surface area contributed by atoms with Gasteiger partial charge in [-0.2, -0.15) is 23.3 Å². The van der Waals surface area contributed by atoms with E-state index in [1.54, 1.807) is 37.3 Å². The Balaban J connectivity index is 1.97. The number of carbonyl (C=O) groups is 1. The lowest BCUT2D eigenvalue weighted by atomic mass is 9.91. The first-order valence-corrected chi connectivity index (χ1v) is 9.29. The number of rotatable bonds is 3. The maximum Gasteiger partial charge on any atom is 0.431 e. The molecule has 0 bridgehead atoms. The van der Waals surface area contributed by atoms with Gasteiger partial charge in [0.25, 0.3) is 0 Å². The summed E-state index contributed by atoms with van der Waals surface area (Å²) in [5.41, 5.74) is -1.13. The number of hydrogen-bond donors (Lipinski definition) is 1. The van der Waals surface area contributed by atoms with Crippen LogP contribution in [-0.2, 0) is 0 Å². The van der Waals surface area contributed by atoms with Crippen LogP contribution in [0.1, 0.15) is 26.2 Å². The summed E-state index contributed by atoms with van der Waals surface area (Å²) >= 11 is 7.06. The summed E-state index contributed by atoms with van der Waals surface area (Å²) in [6.07, 6.45) is -3.64. The number of nitrogens with zero attached hydrogens (tertiary/aromatic N) is 3. The maximum absolute atomic E-state index is 13.9. The summed E-state index contributed by atoms with van der Waals surface area (Å²) < 4.78 is 42.9. The molecule has 1 aliphatic rings. The van der Waals surface area contributed by atoms with E-state index in [-0.39, 0.29) is 10.8 Å². The van der Waals surface area contributed by atoms with Crippen molar-refractivity contribution < 1.29 is 18.0 Å². The third kappa shape index (κ3) is 3.20. The third-order valence-corrected chi connectivity index (χ3v) is 5.53. The Morgan fingerprint density at radius 1 is 1.21 bits per heavy atom. The lowest BCUT2D eigenvalue weighted by Gasteiger charge is -2.30. The molecule has 3 heterocycles. The predicted octanol–water partition coefficient (Wildman–Crippen LogP) is 5.02. The highest BCUT2D eigenvalue weighted by atomic mass is 35.5. The van der Waals surface area contributed by atoms with Crippen molar-refractivity contribution in [3.63, 3.8) is 0 Å². The molecule has 1 aromatic carbocycles. The average molecular weight is 425 g/mol. The summed E-state index contributed by atoms with van der Waals surface area (Å²) in [5, 5.41) is 6.71. The molecular formula is C18H12ClF3N4OS. The summed E-state index contributed by atoms with van der Waals surface area (Å²) in [5.74, 6) is -0.801.